The average molecular weight is 306 g/mol. The van der Waals surface area contributed by atoms with Crippen molar-refractivity contribution in [1.29, 1.82) is 0 Å². The number of halogens is 4. The van der Waals surface area contributed by atoms with E-state index in [4.69, 9.17) is 5.73 Å². The zero-order chi connectivity index (χ0) is 15.6. The van der Waals surface area contributed by atoms with E-state index >= 15 is 0 Å². The summed E-state index contributed by atoms with van der Waals surface area (Å²) < 4.78 is 52.9. The maximum atomic E-state index is 13.5. The molecule has 0 atom stereocenters. The lowest BCUT2D eigenvalue weighted by atomic mass is 10.0. The lowest BCUT2D eigenvalue weighted by Gasteiger charge is -2.32. The molecule has 0 bridgehead atoms. The molecule has 1 aliphatic rings. The number of anilines is 1. The SMILES string of the molecule is NC(=O)CN1CCC(Nc2c(F)c(F)nc(F)c2F)CC1. The van der Waals surface area contributed by atoms with Gasteiger partial charge in [-0.15, -0.1) is 0 Å². The molecule has 0 aliphatic carbocycles. The van der Waals surface area contributed by atoms with Gasteiger partial charge in [-0.25, -0.2) is 0 Å². The molecule has 21 heavy (non-hydrogen) atoms. The molecule has 1 amide bonds. The van der Waals surface area contributed by atoms with Gasteiger partial charge in [0.25, 0.3) is 11.9 Å². The Morgan fingerprint density at radius 2 is 1.71 bits per heavy atom. The number of amides is 1. The van der Waals surface area contributed by atoms with Crippen molar-refractivity contribution in [2.24, 2.45) is 5.73 Å². The molecule has 1 aromatic heterocycles. The second-order valence-corrected chi connectivity index (χ2v) is 4.86. The molecule has 5 nitrogen and oxygen atoms in total. The third-order valence-electron chi connectivity index (χ3n) is 3.31. The Balaban J connectivity index is 2.03. The quantitative estimate of drug-likeness (QED) is 0.643. The Kier molecular flexibility index (Phi) is 4.61. The molecular weight excluding hydrogens is 292 g/mol. The van der Waals surface area contributed by atoms with Crippen LogP contribution in [0.4, 0.5) is 23.2 Å². The first-order valence-corrected chi connectivity index (χ1v) is 6.35. The number of hydrogen-bond donors (Lipinski definition) is 2. The predicted molar refractivity (Wildman–Crippen MR) is 66.3 cm³/mol. The maximum absolute atomic E-state index is 13.5. The van der Waals surface area contributed by atoms with Gasteiger partial charge in [0.1, 0.15) is 5.69 Å². The summed E-state index contributed by atoms with van der Waals surface area (Å²) in [6.07, 6.45) is 0.912. The Hall–Kier alpha value is -1.90. The highest BCUT2D eigenvalue weighted by molar-refractivity contribution is 5.75. The van der Waals surface area contributed by atoms with Crippen LogP contribution in [0, 0.1) is 23.5 Å². The molecule has 116 valence electrons. The number of aromatic nitrogens is 1. The van der Waals surface area contributed by atoms with E-state index in [1.165, 1.54) is 0 Å². The molecule has 1 aromatic rings. The van der Waals surface area contributed by atoms with Crippen molar-refractivity contribution in [3.8, 4) is 0 Å². The number of likely N-dealkylation sites (tertiary alicyclic amines) is 1. The van der Waals surface area contributed by atoms with Crippen molar-refractivity contribution in [3.05, 3.63) is 23.5 Å². The lowest BCUT2D eigenvalue weighted by Crippen LogP contribution is -2.43. The van der Waals surface area contributed by atoms with Crippen LogP contribution < -0.4 is 11.1 Å². The third-order valence-corrected chi connectivity index (χ3v) is 3.31. The van der Waals surface area contributed by atoms with Crippen LogP contribution in [0.5, 0.6) is 0 Å². The number of hydrogen-bond acceptors (Lipinski definition) is 4. The number of nitrogens with two attached hydrogens (primary N) is 1. The monoisotopic (exact) mass is 306 g/mol. The smallest absolute Gasteiger partial charge is 0.253 e. The van der Waals surface area contributed by atoms with Gasteiger partial charge in [0.05, 0.1) is 6.54 Å². The number of piperidine rings is 1. The molecule has 2 rings (SSSR count). The number of nitrogens with one attached hydrogen (secondary N) is 1. The summed E-state index contributed by atoms with van der Waals surface area (Å²) in [6, 6.07) is -0.362. The topological polar surface area (TPSA) is 71.2 Å². The minimum Gasteiger partial charge on any atom is -0.377 e. The number of primary amides is 1. The lowest BCUT2D eigenvalue weighted by molar-refractivity contribution is -0.119. The van der Waals surface area contributed by atoms with Crippen molar-refractivity contribution in [2.75, 3.05) is 25.0 Å². The first-order valence-electron chi connectivity index (χ1n) is 6.35. The summed E-state index contributed by atoms with van der Waals surface area (Å²) in [5.74, 6) is -6.94. The molecule has 0 saturated carbocycles. The van der Waals surface area contributed by atoms with E-state index in [9.17, 15) is 22.4 Å². The summed E-state index contributed by atoms with van der Waals surface area (Å²) >= 11 is 0. The minimum absolute atomic E-state index is 0.105. The van der Waals surface area contributed by atoms with Crippen LogP contribution in [-0.4, -0.2) is 41.5 Å². The Labute approximate surface area is 118 Å². The van der Waals surface area contributed by atoms with Gasteiger partial charge in [0.15, 0.2) is 0 Å². The molecule has 1 aliphatic heterocycles. The van der Waals surface area contributed by atoms with E-state index in [0.717, 1.165) is 0 Å². The van der Waals surface area contributed by atoms with E-state index in [2.05, 4.69) is 10.3 Å². The largest absolute Gasteiger partial charge is 0.377 e. The number of nitrogens with zero attached hydrogens (tertiary/aromatic N) is 2. The maximum Gasteiger partial charge on any atom is 0.253 e. The van der Waals surface area contributed by atoms with Crippen LogP contribution >= 0.6 is 0 Å². The standard InChI is InChI=1S/C12H14F4N4O/c13-8-10(9(14)12(16)19-11(8)15)18-6-1-3-20(4-2-6)5-7(17)21/h6H,1-5H2,(H2,17,21)(H,18,19). The fourth-order valence-electron chi connectivity index (χ4n) is 2.27. The molecule has 0 aromatic carbocycles. The average Bonchev–Trinajstić information content (AvgIpc) is 2.43. The Morgan fingerprint density at radius 1 is 1.19 bits per heavy atom. The van der Waals surface area contributed by atoms with Gasteiger partial charge < -0.3 is 11.1 Å². The van der Waals surface area contributed by atoms with Gasteiger partial charge in [0.2, 0.25) is 17.5 Å². The number of rotatable bonds is 4. The molecule has 9 heteroatoms. The number of pyridine rings is 1. The van der Waals surface area contributed by atoms with Crippen LogP contribution in [0.3, 0.4) is 0 Å². The zero-order valence-electron chi connectivity index (χ0n) is 11.0. The van der Waals surface area contributed by atoms with Gasteiger partial charge in [0, 0.05) is 19.1 Å². The predicted octanol–water partition coefficient (Wildman–Crippen LogP) is 1.000. The van der Waals surface area contributed by atoms with Crippen molar-refractivity contribution in [2.45, 2.75) is 18.9 Å². The zero-order valence-corrected chi connectivity index (χ0v) is 11.0. The van der Waals surface area contributed by atoms with Crippen molar-refractivity contribution < 1.29 is 22.4 Å². The molecule has 0 radical (unpaired) electrons. The van der Waals surface area contributed by atoms with E-state index in [0.29, 0.717) is 25.9 Å². The molecule has 0 spiro atoms. The van der Waals surface area contributed by atoms with Crippen LogP contribution in [0.25, 0.3) is 0 Å². The molecular formula is C12H14F4N4O. The van der Waals surface area contributed by atoms with Gasteiger partial charge in [-0.05, 0) is 12.8 Å². The van der Waals surface area contributed by atoms with Crippen LogP contribution in [0.15, 0.2) is 0 Å². The van der Waals surface area contributed by atoms with Crippen molar-refractivity contribution in [3.63, 3.8) is 0 Å². The summed E-state index contributed by atoms with van der Waals surface area (Å²) in [7, 11) is 0. The van der Waals surface area contributed by atoms with Crippen molar-refractivity contribution in [1.82, 2.24) is 9.88 Å². The highest BCUT2D eigenvalue weighted by Gasteiger charge is 2.25. The highest BCUT2D eigenvalue weighted by atomic mass is 19.2. The fraction of sp³-hybridized carbons (Fsp3) is 0.500. The molecule has 2 heterocycles. The van der Waals surface area contributed by atoms with E-state index in [1.807, 2.05) is 0 Å². The van der Waals surface area contributed by atoms with E-state index < -0.39 is 35.1 Å². The first-order chi connectivity index (χ1) is 9.88. The van der Waals surface area contributed by atoms with Crippen LogP contribution in [0.1, 0.15) is 12.8 Å². The van der Waals surface area contributed by atoms with Gasteiger partial charge in [-0.1, -0.05) is 0 Å². The van der Waals surface area contributed by atoms with E-state index in [1.54, 1.807) is 4.90 Å². The number of carbonyl (C=O) groups is 1. The minimum atomic E-state index is -1.69. The highest BCUT2D eigenvalue weighted by Crippen LogP contribution is 2.25. The summed E-state index contributed by atoms with van der Waals surface area (Å²) in [5.41, 5.74) is 4.22. The van der Waals surface area contributed by atoms with Crippen LogP contribution in [-0.2, 0) is 4.79 Å². The van der Waals surface area contributed by atoms with E-state index in [-0.39, 0.29) is 12.6 Å². The molecule has 0 unspecified atom stereocenters. The molecule has 1 fully saturated rings. The fourth-order valence-corrected chi connectivity index (χ4v) is 2.27. The van der Waals surface area contributed by atoms with Gasteiger partial charge in [-0.2, -0.15) is 22.5 Å². The van der Waals surface area contributed by atoms with Gasteiger partial charge in [-0.3, -0.25) is 9.69 Å². The second-order valence-electron chi connectivity index (χ2n) is 4.86. The normalized spacial score (nSPS) is 17.0. The Bertz CT molecular complexity index is 520. The summed E-state index contributed by atoms with van der Waals surface area (Å²) in [4.78, 5) is 15.1. The molecule has 3 N–H and O–H groups in total. The third kappa shape index (κ3) is 3.60. The first kappa shape index (κ1) is 15.5. The van der Waals surface area contributed by atoms with Crippen molar-refractivity contribution >= 4 is 11.6 Å². The summed E-state index contributed by atoms with van der Waals surface area (Å²) in [5, 5.41) is 2.46. The van der Waals surface area contributed by atoms with Crippen LogP contribution in [0.2, 0.25) is 0 Å². The summed E-state index contributed by atoms with van der Waals surface area (Å²) in [6.45, 7) is 1.08. The Morgan fingerprint density at radius 3 is 2.19 bits per heavy atom. The second kappa shape index (κ2) is 6.25. The molecule has 1 saturated heterocycles. The number of carbonyl (C=O) groups excluding carboxylic acids is 1. The van der Waals surface area contributed by atoms with Gasteiger partial charge >= 0.3 is 0 Å².